The lowest BCUT2D eigenvalue weighted by Crippen LogP contribution is -2.36. The standard InChI is InChI=1S/C21H36N2O3/c1-6-7-8-9-13-23(14-11-20(24)22-12-10-16(2)3)21(25)19-15-17(4)26-18(19)5/h15-16H,6-14H2,1-5H3,(H,22,24). The normalized spacial score (nSPS) is 11.0. The number of furan rings is 1. The number of hydrogen-bond donors (Lipinski definition) is 1. The molecule has 0 fully saturated rings. The van der Waals surface area contributed by atoms with Gasteiger partial charge in [0.05, 0.1) is 5.56 Å². The molecule has 1 heterocycles. The molecule has 26 heavy (non-hydrogen) atoms. The van der Waals surface area contributed by atoms with Crippen molar-refractivity contribution in [2.75, 3.05) is 19.6 Å². The number of amides is 2. The first kappa shape index (κ1) is 22.3. The van der Waals surface area contributed by atoms with Crippen LogP contribution in [0, 0.1) is 19.8 Å². The quantitative estimate of drug-likeness (QED) is 0.557. The molecular formula is C21H36N2O3. The van der Waals surface area contributed by atoms with Gasteiger partial charge in [0, 0.05) is 26.1 Å². The zero-order chi connectivity index (χ0) is 19.5. The van der Waals surface area contributed by atoms with Crippen molar-refractivity contribution >= 4 is 11.8 Å². The van der Waals surface area contributed by atoms with E-state index in [-0.39, 0.29) is 11.8 Å². The molecule has 5 heteroatoms. The fourth-order valence-corrected chi connectivity index (χ4v) is 2.88. The van der Waals surface area contributed by atoms with Crippen molar-refractivity contribution in [1.82, 2.24) is 10.2 Å². The highest BCUT2D eigenvalue weighted by Gasteiger charge is 2.21. The topological polar surface area (TPSA) is 62.6 Å². The Hall–Kier alpha value is -1.78. The van der Waals surface area contributed by atoms with E-state index in [2.05, 4.69) is 26.1 Å². The van der Waals surface area contributed by atoms with Crippen LogP contribution in [0.3, 0.4) is 0 Å². The number of aryl methyl sites for hydroxylation is 2. The number of carbonyl (C=O) groups is 2. The highest BCUT2D eigenvalue weighted by Crippen LogP contribution is 2.17. The third-order valence-electron chi connectivity index (χ3n) is 4.49. The average Bonchev–Trinajstić information content (AvgIpc) is 2.91. The van der Waals surface area contributed by atoms with Gasteiger partial charge in [0.2, 0.25) is 5.91 Å². The van der Waals surface area contributed by atoms with Gasteiger partial charge < -0.3 is 14.6 Å². The molecule has 0 spiro atoms. The lowest BCUT2D eigenvalue weighted by Gasteiger charge is -2.22. The minimum atomic E-state index is -0.0363. The molecule has 0 saturated heterocycles. The first-order valence-electron chi connectivity index (χ1n) is 9.98. The molecule has 1 rings (SSSR count). The Labute approximate surface area is 158 Å². The van der Waals surface area contributed by atoms with Crippen molar-refractivity contribution in [3.05, 3.63) is 23.2 Å². The maximum absolute atomic E-state index is 12.9. The minimum Gasteiger partial charge on any atom is -0.466 e. The maximum Gasteiger partial charge on any atom is 0.257 e. The lowest BCUT2D eigenvalue weighted by molar-refractivity contribution is -0.121. The van der Waals surface area contributed by atoms with Gasteiger partial charge in [0.1, 0.15) is 11.5 Å². The summed E-state index contributed by atoms with van der Waals surface area (Å²) in [5.74, 6) is 1.93. The molecule has 0 unspecified atom stereocenters. The van der Waals surface area contributed by atoms with Crippen LogP contribution >= 0.6 is 0 Å². The molecule has 0 aliphatic rings. The van der Waals surface area contributed by atoms with E-state index in [0.717, 1.165) is 31.4 Å². The Morgan fingerprint density at radius 2 is 1.88 bits per heavy atom. The summed E-state index contributed by atoms with van der Waals surface area (Å²) in [5, 5.41) is 2.94. The summed E-state index contributed by atoms with van der Waals surface area (Å²) < 4.78 is 5.50. The maximum atomic E-state index is 12.9. The first-order chi connectivity index (χ1) is 12.3. The summed E-state index contributed by atoms with van der Waals surface area (Å²) in [6.07, 6.45) is 5.70. The van der Waals surface area contributed by atoms with Crippen molar-refractivity contribution in [1.29, 1.82) is 0 Å². The van der Waals surface area contributed by atoms with Crippen LogP contribution in [0.15, 0.2) is 10.5 Å². The van der Waals surface area contributed by atoms with Crippen molar-refractivity contribution in [2.45, 2.75) is 73.1 Å². The Bertz CT molecular complexity index is 564. The van der Waals surface area contributed by atoms with Gasteiger partial charge >= 0.3 is 0 Å². The van der Waals surface area contributed by atoms with E-state index < -0.39 is 0 Å². The summed E-state index contributed by atoms with van der Waals surface area (Å²) in [5.41, 5.74) is 0.609. The fraction of sp³-hybridized carbons (Fsp3) is 0.714. The van der Waals surface area contributed by atoms with Crippen LogP contribution in [-0.4, -0.2) is 36.3 Å². The second-order valence-corrected chi connectivity index (χ2v) is 7.46. The fourth-order valence-electron chi connectivity index (χ4n) is 2.88. The van der Waals surface area contributed by atoms with Crippen LogP contribution in [0.2, 0.25) is 0 Å². The van der Waals surface area contributed by atoms with Gasteiger partial charge in [-0.1, -0.05) is 40.0 Å². The molecule has 5 nitrogen and oxygen atoms in total. The highest BCUT2D eigenvalue weighted by atomic mass is 16.3. The molecule has 1 aromatic rings. The minimum absolute atomic E-state index is 0.0112. The number of rotatable bonds is 12. The third-order valence-corrected chi connectivity index (χ3v) is 4.49. The molecule has 0 aromatic carbocycles. The number of hydrogen-bond acceptors (Lipinski definition) is 3. The molecular weight excluding hydrogens is 328 g/mol. The Morgan fingerprint density at radius 1 is 1.15 bits per heavy atom. The van der Waals surface area contributed by atoms with Crippen molar-refractivity contribution in [3.8, 4) is 0 Å². The predicted molar refractivity (Wildman–Crippen MR) is 105 cm³/mol. The molecule has 0 bridgehead atoms. The van der Waals surface area contributed by atoms with Crippen LogP contribution in [0.1, 0.15) is 81.2 Å². The van der Waals surface area contributed by atoms with E-state index in [0.29, 0.717) is 43.3 Å². The first-order valence-corrected chi connectivity index (χ1v) is 9.98. The van der Waals surface area contributed by atoms with E-state index >= 15 is 0 Å². The monoisotopic (exact) mass is 364 g/mol. The van der Waals surface area contributed by atoms with E-state index in [1.165, 1.54) is 6.42 Å². The van der Waals surface area contributed by atoms with Crippen molar-refractivity contribution in [3.63, 3.8) is 0 Å². The smallest absolute Gasteiger partial charge is 0.257 e. The molecule has 1 aromatic heterocycles. The molecule has 148 valence electrons. The molecule has 0 atom stereocenters. The Morgan fingerprint density at radius 3 is 2.46 bits per heavy atom. The predicted octanol–water partition coefficient (Wildman–Crippen LogP) is 4.47. The number of nitrogens with zero attached hydrogens (tertiary/aromatic N) is 1. The van der Waals surface area contributed by atoms with Crippen LogP contribution < -0.4 is 5.32 Å². The molecule has 1 N–H and O–H groups in total. The lowest BCUT2D eigenvalue weighted by atomic mass is 10.1. The largest absolute Gasteiger partial charge is 0.466 e. The van der Waals surface area contributed by atoms with Gasteiger partial charge in [-0.15, -0.1) is 0 Å². The zero-order valence-electron chi connectivity index (χ0n) is 17.2. The van der Waals surface area contributed by atoms with Gasteiger partial charge in [-0.05, 0) is 38.7 Å². The third kappa shape index (κ3) is 8.07. The van der Waals surface area contributed by atoms with Crippen molar-refractivity contribution in [2.24, 2.45) is 5.92 Å². The van der Waals surface area contributed by atoms with Gasteiger partial charge in [0.25, 0.3) is 5.91 Å². The molecule has 0 aliphatic carbocycles. The number of nitrogens with one attached hydrogen (secondary N) is 1. The molecule has 0 radical (unpaired) electrons. The van der Waals surface area contributed by atoms with Gasteiger partial charge in [0.15, 0.2) is 0 Å². The van der Waals surface area contributed by atoms with Crippen LogP contribution in [0.5, 0.6) is 0 Å². The van der Waals surface area contributed by atoms with Crippen LogP contribution in [-0.2, 0) is 4.79 Å². The average molecular weight is 365 g/mol. The summed E-state index contributed by atoms with van der Waals surface area (Å²) in [6.45, 7) is 11.9. The van der Waals surface area contributed by atoms with E-state index in [4.69, 9.17) is 4.42 Å². The highest BCUT2D eigenvalue weighted by molar-refractivity contribution is 5.95. The Balaban J connectivity index is 2.61. The second-order valence-electron chi connectivity index (χ2n) is 7.46. The van der Waals surface area contributed by atoms with Gasteiger partial charge in [-0.3, -0.25) is 9.59 Å². The number of unbranched alkanes of at least 4 members (excludes halogenated alkanes) is 3. The summed E-state index contributed by atoms with van der Waals surface area (Å²) in [6, 6.07) is 1.79. The van der Waals surface area contributed by atoms with E-state index in [9.17, 15) is 9.59 Å². The summed E-state index contributed by atoms with van der Waals surface area (Å²) in [7, 11) is 0. The van der Waals surface area contributed by atoms with Crippen LogP contribution in [0.4, 0.5) is 0 Å². The number of carbonyl (C=O) groups excluding carboxylic acids is 2. The van der Waals surface area contributed by atoms with E-state index in [1.807, 2.05) is 13.8 Å². The zero-order valence-corrected chi connectivity index (χ0v) is 17.2. The summed E-state index contributed by atoms with van der Waals surface area (Å²) >= 11 is 0. The molecule has 2 amide bonds. The second kappa shape index (κ2) is 11.8. The molecule has 0 aliphatic heterocycles. The summed E-state index contributed by atoms with van der Waals surface area (Å²) in [4.78, 5) is 26.8. The van der Waals surface area contributed by atoms with Crippen molar-refractivity contribution < 1.29 is 14.0 Å². The molecule has 0 saturated carbocycles. The van der Waals surface area contributed by atoms with Gasteiger partial charge in [-0.25, -0.2) is 0 Å². The van der Waals surface area contributed by atoms with Crippen LogP contribution in [0.25, 0.3) is 0 Å². The van der Waals surface area contributed by atoms with Gasteiger partial charge in [-0.2, -0.15) is 0 Å². The SMILES string of the molecule is CCCCCCN(CCC(=O)NCCC(C)C)C(=O)c1cc(C)oc1C. The van der Waals surface area contributed by atoms with E-state index in [1.54, 1.807) is 11.0 Å². The Kier molecular flexibility index (Phi) is 10.1.